The molecule has 4 fully saturated rings. The third-order valence-electron chi connectivity index (χ3n) is 9.14. The molecule has 0 heterocycles. The molecule has 0 amide bonds. The molecular formula is C21H35ClO. The summed E-state index contributed by atoms with van der Waals surface area (Å²) in [6.07, 6.45) is 11.5. The predicted molar refractivity (Wildman–Crippen MR) is 96.5 cm³/mol. The van der Waals surface area contributed by atoms with Crippen molar-refractivity contribution in [3.8, 4) is 0 Å². The fourth-order valence-corrected chi connectivity index (χ4v) is 8.11. The van der Waals surface area contributed by atoms with Gasteiger partial charge in [0, 0.05) is 5.38 Å². The van der Waals surface area contributed by atoms with Crippen molar-refractivity contribution in [1.82, 2.24) is 0 Å². The Morgan fingerprint density at radius 1 is 0.870 bits per heavy atom. The van der Waals surface area contributed by atoms with Crippen molar-refractivity contribution in [1.29, 1.82) is 0 Å². The third kappa shape index (κ3) is 2.35. The highest BCUT2D eigenvalue weighted by Crippen LogP contribution is 2.66. The lowest BCUT2D eigenvalue weighted by Crippen LogP contribution is -2.57. The van der Waals surface area contributed by atoms with Gasteiger partial charge in [-0.1, -0.05) is 20.8 Å². The van der Waals surface area contributed by atoms with Gasteiger partial charge in [0.2, 0.25) is 0 Å². The van der Waals surface area contributed by atoms with Gasteiger partial charge in [0.15, 0.2) is 0 Å². The Morgan fingerprint density at radius 3 is 2.35 bits per heavy atom. The summed E-state index contributed by atoms with van der Waals surface area (Å²) < 4.78 is 0. The van der Waals surface area contributed by atoms with E-state index in [4.69, 9.17) is 11.6 Å². The summed E-state index contributed by atoms with van der Waals surface area (Å²) >= 11 is 6.97. The molecule has 0 bridgehead atoms. The van der Waals surface area contributed by atoms with E-state index in [2.05, 4.69) is 20.8 Å². The molecule has 0 aromatic heterocycles. The van der Waals surface area contributed by atoms with Crippen molar-refractivity contribution < 1.29 is 5.11 Å². The van der Waals surface area contributed by atoms with Crippen molar-refractivity contribution in [3.05, 3.63) is 0 Å². The number of fused-ring (bicyclic) bond motifs is 5. The van der Waals surface area contributed by atoms with E-state index < -0.39 is 0 Å². The van der Waals surface area contributed by atoms with Crippen LogP contribution in [-0.2, 0) is 0 Å². The number of halogens is 1. The van der Waals surface area contributed by atoms with E-state index in [1.165, 1.54) is 44.9 Å². The smallest absolute Gasteiger partial charge is 0.0543 e. The summed E-state index contributed by atoms with van der Waals surface area (Å²) in [7, 11) is 0. The minimum atomic E-state index is -0.0266. The summed E-state index contributed by atoms with van der Waals surface area (Å²) in [5, 5.41) is 10.5. The zero-order valence-corrected chi connectivity index (χ0v) is 16.0. The van der Waals surface area contributed by atoms with Crippen LogP contribution in [0, 0.1) is 40.4 Å². The lowest BCUT2D eigenvalue weighted by molar-refractivity contribution is -0.139. The molecule has 4 aliphatic rings. The second-order valence-electron chi connectivity index (χ2n) is 10.1. The van der Waals surface area contributed by atoms with Gasteiger partial charge in [-0.25, -0.2) is 0 Å². The van der Waals surface area contributed by atoms with Crippen LogP contribution < -0.4 is 0 Å². The first-order valence-corrected chi connectivity index (χ1v) is 10.6. The average Bonchev–Trinajstić information content (AvgIpc) is 2.52. The van der Waals surface area contributed by atoms with Crippen molar-refractivity contribution in [2.24, 2.45) is 40.4 Å². The van der Waals surface area contributed by atoms with Gasteiger partial charge in [0.1, 0.15) is 0 Å². The maximum atomic E-state index is 10.1. The molecule has 0 spiro atoms. The number of rotatable bonds is 0. The Bertz CT molecular complexity index is 465. The first kappa shape index (κ1) is 16.7. The van der Waals surface area contributed by atoms with E-state index in [-0.39, 0.29) is 6.10 Å². The molecule has 23 heavy (non-hydrogen) atoms. The maximum absolute atomic E-state index is 10.1. The van der Waals surface area contributed by atoms with Crippen LogP contribution in [0.4, 0.5) is 0 Å². The summed E-state index contributed by atoms with van der Waals surface area (Å²) in [6.45, 7) is 7.46. The molecule has 0 saturated heterocycles. The SMILES string of the molecule is CC1CCC2C3CCC4CC(O)CCC4(C)C3CCC2(C)C1Cl. The highest BCUT2D eigenvalue weighted by Gasteiger charge is 2.59. The first-order chi connectivity index (χ1) is 10.9. The van der Waals surface area contributed by atoms with Crippen LogP contribution >= 0.6 is 11.6 Å². The molecular weight excluding hydrogens is 304 g/mol. The standard InChI is InChI=1S/C21H35ClO/c1-13-4-7-17-16-6-5-14-12-15(23)8-10-20(14,2)18(16)9-11-21(17,3)19(13)22/h13-19,23H,4-12H2,1-3H3. The van der Waals surface area contributed by atoms with Crippen LogP contribution in [0.3, 0.4) is 0 Å². The van der Waals surface area contributed by atoms with Crippen LogP contribution in [0.2, 0.25) is 0 Å². The van der Waals surface area contributed by atoms with E-state index >= 15 is 0 Å². The van der Waals surface area contributed by atoms with Crippen molar-refractivity contribution in [2.75, 3.05) is 0 Å². The largest absolute Gasteiger partial charge is 0.393 e. The average molecular weight is 339 g/mol. The number of aliphatic hydroxyl groups is 1. The van der Waals surface area contributed by atoms with Gasteiger partial charge in [-0.15, -0.1) is 11.6 Å². The summed E-state index contributed by atoms with van der Waals surface area (Å²) in [5.41, 5.74) is 0.867. The number of alkyl halides is 1. The molecule has 4 aliphatic carbocycles. The monoisotopic (exact) mass is 338 g/mol. The van der Waals surface area contributed by atoms with E-state index in [0.717, 1.165) is 36.5 Å². The van der Waals surface area contributed by atoms with Gasteiger partial charge in [0.05, 0.1) is 6.10 Å². The number of aliphatic hydroxyl groups excluding tert-OH is 1. The molecule has 4 rings (SSSR count). The van der Waals surface area contributed by atoms with Crippen molar-refractivity contribution in [3.63, 3.8) is 0 Å². The Hall–Kier alpha value is 0.250. The Balaban J connectivity index is 1.62. The number of hydrogen-bond acceptors (Lipinski definition) is 1. The molecule has 9 atom stereocenters. The Labute approximate surface area is 147 Å². The van der Waals surface area contributed by atoms with Crippen molar-refractivity contribution in [2.45, 2.75) is 90.0 Å². The molecule has 0 aromatic carbocycles. The molecule has 0 aliphatic heterocycles. The zero-order valence-electron chi connectivity index (χ0n) is 15.2. The highest BCUT2D eigenvalue weighted by atomic mass is 35.5. The number of hydrogen-bond donors (Lipinski definition) is 1. The molecule has 0 radical (unpaired) electrons. The molecule has 1 nitrogen and oxygen atoms in total. The van der Waals surface area contributed by atoms with Gasteiger partial charge in [-0.3, -0.25) is 0 Å². The highest BCUT2D eigenvalue weighted by molar-refractivity contribution is 6.21. The van der Waals surface area contributed by atoms with Gasteiger partial charge in [0.25, 0.3) is 0 Å². The fourth-order valence-electron chi connectivity index (χ4n) is 7.71. The topological polar surface area (TPSA) is 20.2 Å². The molecule has 9 unspecified atom stereocenters. The lowest BCUT2D eigenvalue weighted by atomic mass is 9.42. The molecule has 132 valence electrons. The molecule has 4 saturated carbocycles. The summed E-state index contributed by atoms with van der Waals surface area (Å²) in [6, 6.07) is 0. The van der Waals surface area contributed by atoms with E-state index in [0.29, 0.717) is 22.1 Å². The fraction of sp³-hybridized carbons (Fsp3) is 1.00. The Kier molecular flexibility index (Phi) is 4.09. The molecule has 2 heteroatoms. The van der Waals surface area contributed by atoms with Gasteiger partial charge < -0.3 is 5.11 Å². The second-order valence-corrected chi connectivity index (χ2v) is 10.6. The normalized spacial score (nSPS) is 59.6. The third-order valence-corrected chi connectivity index (χ3v) is 10.1. The molecule has 0 aromatic rings. The first-order valence-electron chi connectivity index (χ1n) is 10.2. The zero-order chi connectivity index (χ0) is 16.4. The Morgan fingerprint density at radius 2 is 1.57 bits per heavy atom. The van der Waals surface area contributed by atoms with Crippen LogP contribution in [0.1, 0.15) is 78.6 Å². The summed E-state index contributed by atoms with van der Waals surface area (Å²) in [5.74, 6) is 4.10. The summed E-state index contributed by atoms with van der Waals surface area (Å²) in [4.78, 5) is 0. The van der Waals surface area contributed by atoms with Crippen LogP contribution in [0.25, 0.3) is 0 Å². The van der Waals surface area contributed by atoms with Crippen LogP contribution in [0.15, 0.2) is 0 Å². The minimum absolute atomic E-state index is 0.0266. The van der Waals surface area contributed by atoms with Gasteiger partial charge in [-0.2, -0.15) is 0 Å². The maximum Gasteiger partial charge on any atom is 0.0543 e. The van der Waals surface area contributed by atoms with E-state index in [9.17, 15) is 5.11 Å². The van der Waals surface area contributed by atoms with Gasteiger partial charge in [-0.05, 0) is 98.2 Å². The quantitative estimate of drug-likeness (QED) is 0.567. The van der Waals surface area contributed by atoms with Gasteiger partial charge >= 0.3 is 0 Å². The van der Waals surface area contributed by atoms with Crippen LogP contribution in [-0.4, -0.2) is 16.6 Å². The molecule has 1 N–H and O–H groups in total. The minimum Gasteiger partial charge on any atom is -0.393 e. The van der Waals surface area contributed by atoms with E-state index in [1.54, 1.807) is 0 Å². The predicted octanol–water partition coefficient (Wildman–Crippen LogP) is 5.63. The lowest BCUT2D eigenvalue weighted by Gasteiger charge is -2.63. The van der Waals surface area contributed by atoms with Crippen LogP contribution in [0.5, 0.6) is 0 Å². The van der Waals surface area contributed by atoms with E-state index in [1.807, 2.05) is 0 Å². The van der Waals surface area contributed by atoms with Crippen molar-refractivity contribution >= 4 is 11.6 Å². The second kappa shape index (κ2) is 5.63.